The van der Waals surface area contributed by atoms with E-state index in [9.17, 15) is 13.6 Å². The van der Waals surface area contributed by atoms with Gasteiger partial charge in [0.25, 0.3) is 0 Å². The molecule has 1 aromatic rings. The number of carbonyl (C=O) groups excluding carboxylic acids is 1. The third kappa shape index (κ3) is 4.13. The smallest absolute Gasteiger partial charge is 0.220 e. The third-order valence-electron chi connectivity index (χ3n) is 2.56. The molecule has 0 saturated heterocycles. The van der Waals surface area contributed by atoms with E-state index in [1.165, 1.54) is 12.1 Å². The Labute approximate surface area is 100 Å². The van der Waals surface area contributed by atoms with Gasteiger partial charge in [-0.15, -0.1) is 0 Å². The molecule has 1 unspecified atom stereocenters. The Bertz CT molecular complexity index is 393. The molecular weight excluding hydrogens is 224 g/mol. The molecule has 17 heavy (non-hydrogen) atoms. The predicted molar refractivity (Wildman–Crippen MR) is 62.4 cm³/mol. The highest BCUT2D eigenvalue weighted by Gasteiger charge is 2.13. The maximum absolute atomic E-state index is 13.4. The highest BCUT2D eigenvalue weighted by molar-refractivity contribution is 5.76. The number of hydrogen-bond donors (Lipinski definition) is 1. The molecule has 0 aromatic heterocycles. The molecule has 94 valence electrons. The van der Waals surface area contributed by atoms with Crippen molar-refractivity contribution in [2.24, 2.45) is 0 Å². The second kappa shape index (κ2) is 6.33. The Hall–Kier alpha value is -1.45. The van der Waals surface area contributed by atoms with E-state index in [1.54, 1.807) is 6.92 Å². The first-order valence-corrected chi connectivity index (χ1v) is 5.79. The maximum Gasteiger partial charge on any atom is 0.220 e. The molecule has 0 aliphatic rings. The molecule has 1 N–H and O–H groups in total. The van der Waals surface area contributed by atoms with Crippen molar-refractivity contribution in [1.82, 2.24) is 5.32 Å². The molecule has 0 heterocycles. The van der Waals surface area contributed by atoms with Crippen LogP contribution in [0.1, 0.15) is 44.7 Å². The van der Waals surface area contributed by atoms with Gasteiger partial charge in [0.05, 0.1) is 6.04 Å². The van der Waals surface area contributed by atoms with Crippen molar-refractivity contribution < 1.29 is 13.6 Å². The van der Waals surface area contributed by atoms with Gasteiger partial charge in [-0.2, -0.15) is 0 Å². The SMILES string of the molecule is CCCCC(=O)NC(C)c1ccc(F)cc1F. The number of nitrogens with one attached hydrogen (secondary N) is 1. The summed E-state index contributed by atoms with van der Waals surface area (Å²) in [5, 5.41) is 2.69. The lowest BCUT2D eigenvalue weighted by Crippen LogP contribution is -2.26. The first kappa shape index (κ1) is 13.6. The van der Waals surface area contributed by atoms with Crippen molar-refractivity contribution in [2.45, 2.75) is 39.2 Å². The monoisotopic (exact) mass is 241 g/mol. The van der Waals surface area contributed by atoms with E-state index in [-0.39, 0.29) is 5.91 Å². The fourth-order valence-electron chi connectivity index (χ4n) is 1.58. The Morgan fingerprint density at radius 3 is 2.71 bits per heavy atom. The number of benzene rings is 1. The Morgan fingerprint density at radius 1 is 1.41 bits per heavy atom. The molecule has 1 amide bonds. The summed E-state index contributed by atoms with van der Waals surface area (Å²) in [6.45, 7) is 3.68. The van der Waals surface area contributed by atoms with E-state index >= 15 is 0 Å². The summed E-state index contributed by atoms with van der Waals surface area (Å²) in [5.41, 5.74) is 0.302. The van der Waals surface area contributed by atoms with Crippen LogP contribution in [0, 0.1) is 11.6 Å². The molecule has 1 atom stereocenters. The Kier molecular flexibility index (Phi) is 5.07. The van der Waals surface area contributed by atoms with Gasteiger partial charge in [-0.05, 0) is 19.4 Å². The van der Waals surface area contributed by atoms with Gasteiger partial charge < -0.3 is 5.32 Å². The van der Waals surface area contributed by atoms with Crippen LogP contribution in [0.4, 0.5) is 8.78 Å². The van der Waals surface area contributed by atoms with Crippen molar-refractivity contribution in [1.29, 1.82) is 0 Å². The molecule has 0 spiro atoms. The number of halogens is 2. The molecule has 1 rings (SSSR count). The lowest BCUT2D eigenvalue weighted by atomic mass is 10.1. The summed E-state index contributed by atoms with van der Waals surface area (Å²) in [7, 11) is 0. The maximum atomic E-state index is 13.4. The van der Waals surface area contributed by atoms with E-state index < -0.39 is 17.7 Å². The van der Waals surface area contributed by atoms with E-state index in [1.807, 2.05) is 6.92 Å². The Balaban J connectivity index is 2.63. The van der Waals surface area contributed by atoms with Gasteiger partial charge in [0.1, 0.15) is 11.6 Å². The molecule has 4 heteroatoms. The average Bonchev–Trinajstić information content (AvgIpc) is 2.26. The van der Waals surface area contributed by atoms with Crippen LogP contribution in [-0.4, -0.2) is 5.91 Å². The summed E-state index contributed by atoms with van der Waals surface area (Å²) >= 11 is 0. The molecule has 0 saturated carbocycles. The first-order valence-electron chi connectivity index (χ1n) is 5.79. The summed E-state index contributed by atoms with van der Waals surface area (Å²) in [6.07, 6.45) is 2.18. The second-order valence-corrected chi connectivity index (χ2v) is 4.06. The Morgan fingerprint density at radius 2 is 2.12 bits per heavy atom. The summed E-state index contributed by atoms with van der Waals surface area (Å²) in [6, 6.07) is 2.92. The largest absolute Gasteiger partial charge is 0.349 e. The molecule has 1 aromatic carbocycles. The predicted octanol–water partition coefficient (Wildman–Crippen LogP) is 3.33. The van der Waals surface area contributed by atoms with E-state index in [4.69, 9.17) is 0 Å². The van der Waals surface area contributed by atoms with Crippen LogP contribution in [0.3, 0.4) is 0 Å². The number of unbranched alkanes of at least 4 members (excludes halogenated alkanes) is 1. The lowest BCUT2D eigenvalue weighted by molar-refractivity contribution is -0.121. The fourth-order valence-corrected chi connectivity index (χ4v) is 1.58. The normalized spacial score (nSPS) is 12.2. The zero-order valence-corrected chi connectivity index (χ0v) is 10.1. The van der Waals surface area contributed by atoms with Crippen LogP contribution in [0.15, 0.2) is 18.2 Å². The van der Waals surface area contributed by atoms with Gasteiger partial charge in [0.2, 0.25) is 5.91 Å². The third-order valence-corrected chi connectivity index (χ3v) is 2.56. The van der Waals surface area contributed by atoms with Crippen molar-refractivity contribution in [3.8, 4) is 0 Å². The second-order valence-electron chi connectivity index (χ2n) is 4.06. The standard InChI is InChI=1S/C13H17F2NO/c1-3-4-5-13(17)16-9(2)11-7-6-10(14)8-12(11)15/h6-9H,3-5H2,1-2H3,(H,16,17). The minimum absolute atomic E-state index is 0.108. The lowest BCUT2D eigenvalue weighted by Gasteiger charge is -2.15. The summed E-state index contributed by atoms with van der Waals surface area (Å²) < 4.78 is 26.1. The van der Waals surface area contributed by atoms with Crippen molar-refractivity contribution in [3.63, 3.8) is 0 Å². The zero-order valence-electron chi connectivity index (χ0n) is 10.1. The van der Waals surface area contributed by atoms with Gasteiger partial charge >= 0.3 is 0 Å². The van der Waals surface area contributed by atoms with Crippen LogP contribution in [0.25, 0.3) is 0 Å². The average molecular weight is 241 g/mol. The quantitative estimate of drug-likeness (QED) is 0.841. The fraction of sp³-hybridized carbons (Fsp3) is 0.462. The molecule has 0 radical (unpaired) electrons. The van der Waals surface area contributed by atoms with E-state index in [2.05, 4.69) is 5.32 Å². The van der Waals surface area contributed by atoms with Crippen molar-refractivity contribution in [2.75, 3.05) is 0 Å². The van der Waals surface area contributed by atoms with E-state index in [0.29, 0.717) is 12.0 Å². The molecular formula is C13H17F2NO. The zero-order chi connectivity index (χ0) is 12.8. The van der Waals surface area contributed by atoms with Crippen molar-refractivity contribution in [3.05, 3.63) is 35.4 Å². The van der Waals surface area contributed by atoms with Gasteiger partial charge in [0.15, 0.2) is 0 Å². The molecule has 0 bridgehead atoms. The van der Waals surface area contributed by atoms with Gasteiger partial charge in [0, 0.05) is 18.1 Å². The molecule has 0 aliphatic heterocycles. The van der Waals surface area contributed by atoms with Crippen molar-refractivity contribution >= 4 is 5.91 Å². The topological polar surface area (TPSA) is 29.1 Å². The summed E-state index contributed by atoms with van der Waals surface area (Å²) in [5.74, 6) is -1.35. The first-order chi connectivity index (χ1) is 8.04. The highest BCUT2D eigenvalue weighted by atomic mass is 19.1. The summed E-state index contributed by atoms with van der Waals surface area (Å²) in [4.78, 5) is 11.5. The minimum atomic E-state index is -0.631. The number of carbonyl (C=O) groups is 1. The molecule has 0 aliphatic carbocycles. The molecule has 0 fully saturated rings. The van der Waals surface area contributed by atoms with Crippen LogP contribution in [0.2, 0.25) is 0 Å². The molecule has 2 nitrogen and oxygen atoms in total. The van der Waals surface area contributed by atoms with Crippen LogP contribution in [-0.2, 0) is 4.79 Å². The van der Waals surface area contributed by atoms with E-state index in [0.717, 1.165) is 18.9 Å². The van der Waals surface area contributed by atoms with Gasteiger partial charge in [-0.1, -0.05) is 19.4 Å². The highest BCUT2D eigenvalue weighted by Crippen LogP contribution is 2.17. The number of rotatable bonds is 5. The number of hydrogen-bond acceptors (Lipinski definition) is 1. The van der Waals surface area contributed by atoms with Crippen LogP contribution < -0.4 is 5.32 Å². The number of amides is 1. The van der Waals surface area contributed by atoms with Crippen LogP contribution >= 0.6 is 0 Å². The minimum Gasteiger partial charge on any atom is -0.349 e. The van der Waals surface area contributed by atoms with Gasteiger partial charge in [-0.25, -0.2) is 8.78 Å². The van der Waals surface area contributed by atoms with Crippen LogP contribution in [0.5, 0.6) is 0 Å². The van der Waals surface area contributed by atoms with Gasteiger partial charge in [-0.3, -0.25) is 4.79 Å².